The minimum absolute atomic E-state index is 0.137. The maximum atomic E-state index is 13.1. The normalized spacial score (nSPS) is 25.2. The van der Waals surface area contributed by atoms with E-state index in [9.17, 15) is 45.3 Å². The van der Waals surface area contributed by atoms with Crippen molar-refractivity contribution in [3.8, 4) is 0 Å². The molecule has 0 bridgehead atoms. The Balaban J connectivity index is 1.78. The van der Waals surface area contributed by atoms with Gasteiger partial charge in [0.25, 0.3) is 0 Å². The summed E-state index contributed by atoms with van der Waals surface area (Å²) < 4.78 is 33.6. The summed E-state index contributed by atoms with van der Waals surface area (Å²) in [5.41, 5.74) is 0. The molecule has 0 aromatic rings. The van der Waals surface area contributed by atoms with E-state index in [0.29, 0.717) is 19.3 Å². The van der Waals surface area contributed by atoms with Crippen LogP contribution in [0.25, 0.3) is 0 Å². The highest BCUT2D eigenvalue weighted by Crippen LogP contribution is 2.26. The molecule has 7 N–H and O–H groups in total. The molecule has 2 saturated heterocycles. The van der Waals surface area contributed by atoms with E-state index in [1.807, 2.05) is 6.08 Å². The highest BCUT2D eigenvalue weighted by molar-refractivity contribution is 5.70. The number of allylic oxidation sites excluding steroid dienone is 12. The zero-order valence-corrected chi connectivity index (χ0v) is 45.3. The molecular formula is C59H100O15. The Bertz CT molecular complexity index is 1560. The Hall–Kier alpha value is -3.06. The summed E-state index contributed by atoms with van der Waals surface area (Å²) in [6.07, 6.45) is 37.9. The highest BCUT2D eigenvalue weighted by Gasteiger charge is 2.47. The molecule has 4 unspecified atom stereocenters. The molecule has 74 heavy (non-hydrogen) atoms. The van der Waals surface area contributed by atoms with E-state index >= 15 is 0 Å². The first kappa shape index (κ1) is 67.1. The number of esters is 2. The molecule has 426 valence electrons. The van der Waals surface area contributed by atoms with Gasteiger partial charge in [-0.25, -0.2) is 0 Å². The van der Waals surface area contributed by atoms with Crippen molar-refractivity contribution in [1.29, 1.82) is 0 Å². The SMILES string of the molecule is CC/C=C/C/C=C/C/C=C/C/C=C/C/C=C/CCCC(=O)OC[C@H](CO[C@H]1O[C@@H](CO[C@H]2O[C@@H](CO)[C@@H](O)C(O)C2O)[C@@H](O)C(O)C1O)OC(=O)CCCCCCCCCCCCC/C=C/CCCCCCCC. The minimum Gasteiger partial charge on any atom is -0.462 e. The number of rotatable bonds is 44. The van der Waals surface area contributed by atoms with E-state index in [1.54, 1.807) is 0 Å². The first-order valence-electron chi connectivity index (χ1n) is 28.5. The van der Waals surface area contributed by atoms with E-state index < -0.39 is 99.3 Å². The first-order valence-corrected chi connectivity index (χ1v) is 28.5. The molecule has 0 spiro atoms. The number of carbonyl (C=O) groups excluding carboxylic acids is 2. The molecule has 15 nitrogen and oxygen atoms in total. The molecule has 0 aliphatic carbocycles. The van der Waals surface area contributed by atoms with Crippen molar-refractivity contribution in [3.05, 3.63) is 72.9 Å². The molecule has 0 saturated carbocycles. The van der Waals surface area contributed by atoms with Crippen LogP contribution < -0.4 is 0 Å². The summed E-state index contributed by atoms with van der Waals surface area (Å²) in [4.78, 5) is 25.8. The van der Waals surface area contributed by atoms with Crippen LogP contribution in [0.3, 0.4) is 0 Å². The van der Waals surface area contributed by atoms with E-state index in [1.165, 1.54) is 96.3 Å². The van der Waals surface area contributed by atoms with Crippen LogP contribution in [0.4, 0.5) is 0 Å². The molecule has 0 amide bonds. The van der Waals surface area contributed by atoms with Gasteiger partial charge in [-0.1, -0.05) is 177 Å². The number of unbranched alkanes of at least 4 members (excludes halogenated alkanes) is 18. The molecule has 0 radical (unpaired) electrons. The van der Waals surface area contributed by atoms with Gasteiger partial charge < -0.3 is 64.2 Å². The first-order chi connectivity index (χ1) is 36.0. The second-order valence-electron chi connectivity index (χ2n) is 19.7. The summed E-state index contributed by atoms with van der Waals surface area (Å²) in [5, 5.41) is 72.2. The lowest BCUT2D eigenvalue weighted by atomic mass is 9.98. The molecular weight excluding hydrogens is 949 g/mol. The van der Waals surface area contributed by atoms with Crippen molar-refractivity contribution in [2.75, 3.05) is 26.4 Å². The van der Waals surface area contributed by atoms with Gasteiger partial charge in [0.1, 0.15) is 55.4 Å². The summed E-state index contributed by atoms with van der Waals surface area (Å²) in [6.45, 7) is 2.42. The van der Waals surface area contributed by atoms with Crippen molar-refractivity contribution in [2.45, 2.75) is 261 Å². The van der Waals surface area contributed by atoms with Gasteiger partial charge in [0, 0.05) is 12.8 Å². The Morgan fingerprint density at radius 1 is 0.446 bits per heavy atom. The van der Waals surface area contributed by atoms with Gasteiger partial charge >= 0.3 is 11.9 Å². The van der Waals surface area contributed by atoms with Gasteiger partial charge in [-0.15, -0.1) is 0 Å². The van der Waals surface area contributed by atoms with Crippen molar-refractivity contribution in [2.24, 2.45) is 0 Å². The third-order valence-electron chi connectivity index (χ3n) is 13.2. The van der Waals surface area contributed by atoms with Crippen LogP contribution in [0.2, 0.25) is 0 Å². The Morgan fingerprint density at radius 3 is 1.39 bits per heavy atom. The third kappa shape index (κ3) is 31.9. The molecule has 2 heterocycles. The van der Waals surface area contributed by atoms with Crippen molar-refractivity contribution in [1.82, 2.24) is 0 Å². The molecule has 15 heteroatoms. The number of aliphatic hydroxyl groups is 7. The largest absolute Gasteiger partial charge is 0.462 e. The highest BCUT2D eigenvalue weighted by atomic mass is 16.7. The van der Waals surface area contributed by atoms with Crippen molar-refractivity contribution < 1.29 is 73.8 Å². The second kappa shape index (κ2) is 45.0. The Kier molecular flexibility index (Phi) is 40.8. The topological polar surface area (TPSA) is 231 Å². The number of hydrogen-bond acceptors (Lipinski definition) is 15. The average Bonchev–Trinajstić information content (AvgIpc) is 3.39. The maximum absolute atomic E-state index is 13.1. The van der Waals surface area contributed by atoms with E-state index in [0.717, 1.165) is 51.4 Å². The Morgan fingerprint density at radius 2 is 0.865 bits per heavy atom. The maximum Gasteiger partial charge on any atom is 0.306 e. The van der Waals surface area contributed by atoms with Crippen LogP contribution in [0, 0.1) is 0 Å². The van der Waals surface area contributed by atoms with Crippen LogP contribution in [0.15, 0.2) is 72.9 Å². The fourth-order valence-electron chi connectivity index (χ4n) is 8.54. The fourth-order valence-corrected chi connectivity index (χ4v) is 8.54. The van der Waals surface area contributed by atoms with E-state index in [4.69, 9.17) is 28.4 Å². The average molecular weight is 1050 g/mol. The number of hydrogen-bond donors (Lipinski definition) is 7. The summed E-state index contributed by atoms with van der Waals surface area (Å²) in [5.74, 6) is -0.995. The lowest BCUT2D eigenvalue weighted by Crippen LogP contribution is -2.61. The van der Waals surface area contributed by atoms with Gasteiger partial charge in [0.05, 0.1) is 19.8 Å². The van der Waals surface area contributed by atoms with Gasteiger partial charge in [0.15, 0.2) is 18.7 Å². The van der Waals surface area contributed by atoms with E-state index in [2.05, 4.69) is 80.7 Å². The molecule has 0 aromatic carbocycles. The molecule has 2 rings (SSSR count). The van der Waals surface area contributed by atoms with Crippen molar-refractivity contribution in [3.63, 3.8) is 0 Å². The van der Waals surface area contributed by atoms with Crippen molar-refractivity contribution >= 4 is 11.9 Å². The summed E-state index contributed by atoms with van der Waals surface area (Å²) in [6, 6.07) is 0. The van der Waals surface area contributed by atoms with Crippen LogP contribution in [0.5, 0.6) is 0 Å². The second-order valence-corrected chi connectivity index (χ2v) is 19.7. The molecule has 0 aromatic heterocycles. The predicted octanol–water partition coefficient (Wildman–Crippen LogP) is 9.38. The molecule has 2 aliphatic rings. The molecule has 2 fully saturated rings. The quantitative estimate of drug-likeness (QED) is 0.0171. The van der Waals surface area contributed by atoms with Crippen LogP contribution in [0.1, 0.15) is 194 Å². The van der Waals surface area contributed by atoms with Gasteiger partial charge in [-0.2, -0.15) is 0 Å². The van der Waals surface area contributed by atoms with Crippen LogP contribution in [-0.4, -0.2) is 142 Å². The zero-order chi connectivity index (χ0) is 53.9. The zero-order valence-electron chi connectivity index (χ0n) is 45.3. The summed E-state index contributed by atoms with van der Waals surface area (Å²) >= 11 is 0. The predicted molar refractivity (Wildman–Crippen MR) is 289 cm³/mol. The van der Waals surface area contributed by atoms with Crippen LogP contribution in [-0.2, 0) is 38.0 Å². The monoisotopic (exact) mass is 1050 g/mol. The molecule has 2 aliphatic heterocycles. The number of carbonyl (C=O) groups is 2. The number of ether oxygens (including phenoxy) is 6. The van der Waals surface area contributed by atoms with E-state index in [-0.39, 0.29) is 19.4 Å². The smallest absolute Gasteiger partial charge is 0.306 e. The summed E-state index contributed by atoms with van der Waals surface area (Å²) in [7, 11) is 0. The standard InChI is InChI=1S/C59H100O15/c1-3-5-7-9-11-13-15-17-19-21-22-23-24-26-28-30-32-34-36-38-40-42-51(62)72-47(44-69-50(61)41-39-37-35-33-31-29-27-25-20-18-16-14-12-10-8-6-4-2)45-70-58-57(68)55(66)53(64)49(74-58)46-71-59-56(67)54(65)52(63)48(43-60)73-59/h6,8,12,14,17-20,27,29,33,35,47-49,52-60,63-68H,3-5,7,9-11,13,15-16,21-26,28,30-32,34,36-46H2,1-2H3/b8-6+,14-12+,19-17+,20-18+,29-27+,35-33+/t47-,48+,49+,52-,53-,54?,55?,56?,57?,58+,59+/m1/s1. The van der Waals surface area contributed by atoms with Crippen LogP contribution >= 0.6 is 0 Å². The van der Waals surface area contributed by atoms with Gasteiger partial charge in [0.2, 0.25) is 0 Å². The third-order valence-corrected chi connectivity index (χ3v) is 13.2. The number of aliphatic hydroxyl groups excluding tert-OH is 7. The molecule has 11 atom stereocenters. The Labute approximate surface area is 444 Å². The van der Waals surface area contributed by atoms with Gasteiger partial charge in [-0.05, 0) is 77.0 Å². The lowest BCUT2D eigenvalue weighted by molar-refractivity contribution is -0.332. The fraction of sp³-hybridized carbons (Fsp3) is 0.763. The minimum atomic E-state index is -1.78. The lowest BCUT2D eigenvalue weighted by Gasteiger charge is -2.42. The van der Waals surface area contributed by atoms with Gasteiger partial charge in [-0.3, -0.25) is 9.59 Å².